The zero-order chi connectivity index (χ0) is 27.0. The van der Waals surface area contributed by atoms with Crippen LogP contribution in [0.15, 0.2) is 52.1 Å². The molecule has 1 aromatic heterocycles. The van der Waals surface area contributed by atoms with Crippen LogP contribution in [0.3, 0.4) is 0 Å². The lowest BCUT2D eigenvalue weighted by atomic mass is 9.89. The van der Waals surface area contributed by atoms with Crippen LogP contribution in [-0.4, -0.2) is 99.4 Å². The molecule has 2 N–H and O–H groups in total. The molecule has 3 unspecified atom stereocenters. The Hall–Kier alpha value is -1.34. The van der Waals surface area contributed by atoms with Gasteiger partial charge in [0.25, 0.3) is 0 Å². The molecule has 1 fully saturated rings. The number of hydrogen-bond acceptors (Lipinski definition) is 7. The molecule has 9 nitrogen and oxygen atoms in total. The van der Waals surface area contributed by atoms with Crippen LogP contribution in [0.5, 0.6) is 0 Å². The van der Waals surface area contributed by atoms with Gasteiger partial charge in [-0.25, -0.2) is 13.4 Å². The van der Waals surface area contributed by atoms with E-state index in [1.165, 1.54) is 27.3 Å². The Labute approximate surface area is 238 Å². The number of alkyl halides is 2. The zero-order valence-corrected chi connectivity index (χ0v) is 25.0. The maximum absolute atomic E-state index is 12.8. The molecule has 5 rings (SSSR count). The number of halogens is 2. The average molecular weight is 628 g/mol. The SMILES string of the molecule is Cn1cncc1CCN[C@@H](O)[C@H]1CN(C2C3=C(CCC4=C2N=CC(Br)C4)CC(Cl)C=C3)CCN1S(C)(=O)=O. The fourth-order valence-electron chi connectivity index (χ4n) is 6.06. The van der Waals surface area contributed by atoms with E-state index in [1.54, 1.807) is 12.5 Å². The van der Waals surface area contributed by atoms with Crippen LogP contribution in [0.1, 0.15) is 31.4 Å². The van der Waals surface area contributed by atoms with Crippen molar-refractivity contribution in [3.05, 3.63) is 52.8 Å². The highest BCUT2D eigenvalue weighted by Crippen LogP contribution is 2.41. The fourth-order valence-corrected chi connectivity index (χ4v) is 7.92. The van der Waals surface area contributed by atoms with Crippen molar-refractivity contribution in [1.82, 2.24) is 24.1 Å². The van der Waals surface area contributed by atoms with Crippen molar-refractivity contribution in [2.75, 3.05) is 32.4 Å². The van der Waals surface area contributed by atoms with Crippen molar-refractivity contribution in [3.63, 3.8) is 0 Å². The van der Waals surface area contributed by atoms with Crippen molar-refractivity contribution in [1.29, 1.82) is 0 Å². The molecular weight excluding hydrogens is 592 g/mol. The third kappa shape index (κ3) is 6.04. The summed E-state index contributed by atoms with van der Waals surface area (Å²) < 4.78 is 28.9. The maximum atomic E-state index is 12.8. The molecule has 5 atom stereocenters. The van der Waals surface area contributed by atoms with Crippen LogP contribution < -0.4 is 5.32 Å². The molecule has 1 aromatic rings. The molecular formula is C26H36BrClN6O3S. The van der Waals surface area contributed by atoms with Gasteiger partial charge >= 0.3 is 0 Å². The van der Waals surface area contributed by atoms with Crippen molar-refractivity contribution >= 4 is 43.8 Å². The van der Waals surface area contributed by atoms with E-state index in [0.717, 1.165) is 37.1 Å². The summed E-state index contributed by atoms with van der Waals surface area (Å²) in [6, 6.07) is -0.725. The number of aromatic nitrogens is 2. The Morgan fingerprint density at radius 3 is 2.79 bits per heavy atom. The van der Waals surface area contributed by atoms with Gasteiger partial charge in [-0.1, -0.05) is 33.7 Å². The highest BCUT2D eigenvalue weighted by Gasteiger charge is 2.42. The second kappa shape index (κ2) is 11.6. The van der Waals surface area contributed by atoms with E-state index in [0.29, 0.717) is 32.6 Å². The molecule has 4 aliphatic rings. The van der Waals surface area contributed by atoms with Crippen molar-refractivity contribution in [2.45, 2.75) is 60.6 Å². The number of hydrogen-bond donors (Lipinski definition) is 2. The van der Waals surface area contributed by atoms with Gasteiger partial charge in [-0.3, -0.25) is 15.2 Å². The van der Waals surface area contributed by atoms with E-state index in [2.05, 4.69) is 43.3 Å². The van der Waals surface area contributed by atoms with Crippen LogP contribution in [0.25, 0.3) is 0 Å². The first-order valence-electron chi connectivity index (χ1n) is 13.1. The minimum atomic E-state index is -3.52. The third-order valence-corrected chi connectivity index (χ3v) is 10.2. The van der Waals surface area contributed by atoms with Gasteiger partial charge in [0.15, 0.2) is 0 Å². The summed E-state index contributed by atoms with van der Waals surface area (Å²) in [7, 11) is -1.59. The Bertz CT molecular complexity index is 1230. The van der Waals surface area contributed by atoms with Gasteiger partial charge in [0.2, 0.25) is 10.0 Å². The number of sulfonamides is 1. The minimum Gasteiger partial charge on any atom is -0.377 e. The number of allylic oxidation sites excluding steroid dienone is 3. The molecule has 1 saturated heterocycles. The van der Waals surface area contributed by atoms with Gasteiger partial charge in [-0.2, -0.15) is 4.31 Å². The lowest BCUT2D eigenvalue weighted by molar-refractivity contribution is 0.0113. The number of aliphatic hydroxyl groups excluding tert-OH is 1. The Kier molecular flexibility index (Phi) is 8.64. The minimum absolute atomic E-state index is 0.0165. The molecule has 0 amide bonds. The monoisotopic (exact) mass is 626 g/mol. The third-order valence-electron chi connectivity index (χ3n) is 8.00. The molecule has 2 aliphatic carbocycles. The Morgan fingerprint density at radius 1 is 1.26 bits per heavy atom. The number of aryl methyl sites for hydroxylation is 1. The summed E-state index contributed by atoms with van der Waals surface area (Å²) >= 11 is 10.2. The van der Waals surface area contributed by atoms with E-state index in [1.807, 2.05) is 17.8 Å². The van der Waals surface area contributed by atoms with Crippen LogP contribution in [0, 0.1) is 0 Å². The number of rotatable bonds is 7. The molecule has 3 heterocycles. The predicted octanol–water partition coefficient (Wildman–Crippen LogP) is 2.33. The topological polar surface area (TPSA) is 103 Å². The number of nitrogens with one attached hydrogen (secondary N) is 1. The predicted molar refractivity (Wildman–Crippen MR) is 154 cm³/mol. The maximum Gasteiger partial charge on any atom is 0.211 e. The van der Waals surface area contributed by atoms with E-state index < -0.39 is 22.3 Å². The van der Waals surface area contributed by atoms with Crippen molar-refractivity contribution in [3.8, 4) is 0 Å². The van der Waals surface area contributed by atoms with Crippen molar-refractivity contribution in [2.24, 2.45) is 12.0 Å². The highest BCUT2D eigenvalue weighted by atomic mass is 79.9. The second-order valence-electron chi connectivity index (χ2n) is 10.6. The van der Waals surface area contributed by atoms with Gasteiger partial charge in [0.05, 0.1) is 40.6 Å². The molecule has 208 valence electrons. The first-order valence-corrected chi connectivity index (χ1v) is 16.3. The Balaban J connectivity index is 1.42. The number of piperazine rings is 1. The summed E-state index contributed by atoms with van der Waals surface area (Å²) in [5.41, 5.74) is 6.01. The molecule has 0 spiro atoms. The molecule has 0 bridgehead atoms. The lowest BCUT2D eigenvalue weighted by Gasteiger charge is -2.46. The van der Waals surface area contributed by atoms with Crippen molar-refractivity contribution < 1.29 is 13.5 Å². The summed E-state index contributed by atoms with van der Waals surface area (Å²) in [5, 5.41) is 14.4. The summed E-state index contributed by atoms with van der Waals surface area (Å²) in [6.07, 6.45) is 14.2. The second-order valence-corrected chi connectivity index (χ2v) is 14.3. The molecule has 12 heteroatoms. The normalized spacial score (nSPS) is 29.8. The Morgan fingerprint density at radius 2 is 2.05 bits per heavy atom. The van der Waals surface area contributed by atoms with Crippen LogP contribution in [0.4, 0.5) is 0 Å². The molecule has 38 heavy (non-hydrogen) atoms. The van der Waals surface area contributed by atoms with Gasteiger partial charge in [0.1, 0.15) is 6.23 Å². The number of aliphatic imine (C=N–C) groups is 1. The first kappa shape index (κ1) is 28.2. The summed E-state index contributed by atoms with van der Waals surface area (Å²) in [4.78, 5) is 11.6. The van der Waals surface area contributed by atoms with Gasteiger partial charge < -0.3 is 9.67 Å². The standard InChI is InChI=1S/C26H36BrClN6O3S/c1-32-16-29-14-21(32)7-8-30-26(35)23-15-33(9-10-34(23)38(2,36)37)25-22-6-5-20(28)12-17(22)3-4-18-11-19(27)13-31-24(18)25/h5-6,13-14,16,19-20,23,25-26,30,35H,3-4,7-12,15H2,1-2H3/t19?,20?,23-,25?,26+/m1/s1. The van der Waals surface area contributed by atoms with Crippen LogP contribution >= 0.6 is 27.5 Å². The van der Waals surface area contributed by atoms with Crippen LogP contribution in [0.2, 0.25) is 0 Å². The fraction of sp³-hybridized carbons (Fsp3) is 0.615. The van der Waals surface area contributed by atoms with Gasteiger partial charge in [0, 0.05) is 57.8 Å². The number of imidazole rings is 1. The lowest BCUT2D eigenvalue weighted by Crippen LogP contribution is -2.64. The van der Waals surface area contributed by atoms with Crippen LogP contribution in [-0.2, 0) is 23.5 Å². The van der Waals surface area contributed by atoms with Gasteiger partial charge in [-0.05, 0) is 36.8 Å². The zero-order valence-electron chi connectivity index (χ0n) is 21.8. The first-order chi connectivity index (χ1) is 18.1. The smallest absolute Gasteiger partial charge is 0.211 e. The quantitative estimate of drug-likeness (QED) is 0.356. The number of nitrogens with zero attached hydrogens (tertiary/aromatic N) is 5. The number of aliphatic hydroxyl groups is 1. The molecule has 0 aromatic carbocycles. The molecule has 2 aliphatic heterocycles. The van der Waals surface area contributed by atoms with E-state index >= 15 is 0 Å². The van der Waals surface area contributed by atoms with E-state index in [4.69, 9.17) is 16.6 Å². The highest BCUT2D eigenvalue weighted by molar-refractivity contribution is 9.10. The van der Waals surface area contributed by atoms with E-state index in [-0.39, 0.29) is 16.2 Å². The average Bonchev–Trinajstić information content (AvgIpc) is 3.21. The van der Waals surface area contributed by atoms with E-state index in [9.17, 15) is 13.5 Å². The van der Waals surface area contributed by atoms with Gasteiger partial charge in [-0.15, -0.1) is 11.6 Å². The molecule has 0 radical (unpaired) electrons. The largest absolute Gasteiger partial charge is 0.377 e. The summed E-state index contributed by atoms with van der Waals surface area (Å²) in [6.45, 7) is 1.74. The molecule has 0 saturated carbocycles. The summed E-state index contributed by atoms with van der Waals surface area (Å²) in [5.74, 6) is 0.